The maximum atomic E-state index is 4.79. The van der Waals surface area contributed by atoms with Crippen LogP contribution in [0.4, 0.5) is 5.69 Å². The van der Waals surface area contributed by atoms with Gasteiger partial charge in [-0.25, -0.2) is 0 Å². The smallest absolute Gasteiger partial charge is 0.191 e. The van der Waals surface area contributed by atoms with Gasteiger partial charge >= 0.3 is 0 Å². The first kappa shape index (κ1) is 22.0. The molecule has 6 heteroatoms. The number of guanidine groups is 1. The van der Waals surface area contributed by atoms with E-state index in [9.17, 15) is 0 Å². The average Bonchev–Trinajstić information content (AvgIpc) is 3.36. The summed E-state index contributed by atoms with van der Waals surface area (Å²) in [4.78, 5) is 7.27. The summed E-state index contributed by atoms with van der Waals surface area (Å²) >= 11 is 1.75. The number of nitrogens with one attached hydrogen (secondary N) is 2. The van der Waals surface area contributed by atoms with E-state index in [4.69, 9.17) is 4.99 Å². The molecule has 0 amide bonds. The Hall–Kier alpha value is -1.28. The van der Waals surface area contributed by atoms with Crippen molar-refractivity contribution in [3.05, 3.63) is 52.7 Å². The summed E-state index contributed by atoms with van der Waals surface area (Å²) in [5.41, 5.74) is 2.71. The predicted molar refractivity (Wildman–Crippen MR) is 129 cm³/mol. The Balaban J connectivity index is 0.00000261. The minimum absolute atomic E-state index is 0. The minimum Gasteiger partial charge on any atom is -0.371 e. The van der Waals surface area contributed by atoms with Gasteiger partial charge in [-0.1, -0.05) is 25.1 Å². The molecule has 1 saturated heterocycles. The van der Waals surface area contributed by atoms with Gasteiger partial charge in [0.1, 0.15) is 0 Å². The number of thiophene rings is 1. The minimum atomic E-state index is 0. The van der Waals surface area contributed by atoms with Crippen LogP contribution in [-0.4, -0.2) is 38.7 Å². The molecule has 1 aliphatic heterocycles. The van der Waals surface area contributed by atoms with Crippen molar-refractivity contribution in [2.45, 2.75) is 26.2 Å². The van der Waals surface area contributed by atoms with Gasteiger partial charge in [0.2, 0.25) is 0 Å². The van der Waals surface area contributed by atoms with Gasteiger partial charge in [0, 0.05) is 44.3 Å². The number of aliphatic imine (C=N–C) groups is 1. The number of nitrogens with zero attached hydrogens (tertiary/aromatic N) is 2. The highest BCUT2D eigenvalue weighted by Gasteiger charge is 2.22. The Morgan fingerprint density at radius 2 is 2.07 bits per heavy atom. The fourth-order valence-corrected chi connectivity index (χ4v) is 4.13. The number of anilines is 1. The lowest BCUT2D eigenvalue weighted by atomic mass is 10.1. The number of benzene rings is 1. The van der Waals surface area contributed by atoms with Gasteiger partial charge in [0.15, 0.2) is 5.96 Å². The molecular formula is C21H31IN4S. The molecule has 1 fully saturated rings. The SMILES string of the molecule is CCNC(=NCC(C)c1ccsc1)NCC1CCN(c2ccccc2)C1.I. The van der Waals surface area contributed by atoms with E-state index in [2.05, 4.69) is 76.5 Å². The lowest BCUT2D eigenvalue weighted by molar-refractivity contribution is 0.565. The van der Waals surface area contributed by atoms with Gasteiger partial charge in [-0.3, -0.25) is 4.99 Å². The summed E-state index contributed by atoms with van der Waals surface area (Å²) in [6.07, 6.45) is 1.23. The van der Waals surface area contributed by atoms with E-state index in [-0.39, 0.29) is 24.0 Å². The van der Waals surface area contributed by atoms with Crippen LogP contribution in [0.1, 0.15) is 31.7 Å². The molecule has 2 N–H and O–H groups in total. The van der Waals surface area contributed by atoms with Crippen LogP contribution < -0.4 is 15.5 Å². The lowest BCUT2D eigenvalue weighted by Gasteiger charge is -2.19. The summed E-state index contributed by atoms with van der Waals surface area (Å²) in [7, 11) is 0. The monoisotopic (exact) mass is 498 g/mol. The first-order valence-electron chi connectivity index (χ1n) is 9.60. The van der Waals surface area contributed by atoms with E-state index in [1.807, 2.05) is 0 Å². The molecule has 3 rings (SSSR count). The molecule has 1 aromatic carbocycles. The van der Waals surface area contributed by atoms with Gasteiger partial charge in [-0.05, 0) is 53.8 Å². The van der Waals surface area contributed by atoms with Gasteiger partial charge in [-0.2, -0.15) is 11.3 Å². The largest absolute Gasteiger partial charge is 0.371 e. The molecule has 2 aromatic rings. The predicted octanol–water partition coefficient (Wildman–Crippen LogP) is 4.55. The van der Waals surface area contributed by atoms with Crippen LogP contribution in [0.2, 0.25) is 0 Å². The Bertz CT molecular complexity index is 675. The summed E-state index contributed by atoms with van der Waals surface area (Å²) in [6.45, 7) is 9.28. The zero-order valence-electron chi connectivity index (χ0n) is 16.2. The van der Waals surface area contributed by atoms with Crippen molar-refractivity contribution >= 4 is 47.0 Å². The second-order valence-electron chi connectivity index (χ2n) is 6.99. The Morgan fingerprint density at radius 1 is 1.26 bits per heavy atom. The Kier molecular flexibility index (Phi) is 9.41. The fraction of sp³-hybridized carbons (Fsp3) is 0.476. The van der Waals surface area contributed by atoms with Crippen LogP contribution in [0.3, 0.4) is 0 Å². The van der Waals surface area contributed by atoms with E-state index in [0.717, 1.165) is 38.7 Å². The Labute approximate surface area is 184 Å². The van der Waals surface area contributed by atoms with E-state index >= 15 is 0 Å². The van der Waals surface area contributed by atoms with Crippen molar-refractivity contribution in [3.8, 4) is 0 Å². The summed E-state index contributed by atoms with van der Waals surface area (Å²) < 4.78 is 0. The standard InChI is InChI=1S/C21H30N4S.HI/c1-3-22-21(23-13-17(2)19-10-12-26-16-19)24-14-18-9-11-25(15-18)20-7-5-4-6-8-20;/h4-8,10,12,16-18H,3,9,11,13-15H2,1-2H3,(H2,22,23,24);1H. The molecule has 1 aliphatic rings. The van der Waals surface area contributed by atoms with Crippen LogP contribution in [0.25, 0.3) is 0 Å². The molecule has 1 aromatic heterocycles. The molecule has 4 nitrogen and oxygen atoms in total. The molecular weight excluding hydrogens is 467 g/mol. The van der Waals surface area contributed by atoms with E-state index in [1.54, 1.807) is 11.3 Å². The Morgan fingerprint density at radius 3 is 2.78 bits per heavy atom. The van der Waals surface area contributed by atoms with Gasteiger partial charge in [0.25, 0.3) is 0 Å². The molecule has 0 bridgehead atoms. The van der Waals surface area contributed by atoms with Crippen molar-refractivity contribution < 1.29 is 0 Å². The van der Waals surface area contributed by atoms with Crippen LogP contribution >= 0.6 is 35.3 Å². The van der Waals surface area contributed by atoms with Crippen molar-refractivity contribution in [2.75, 3.05) is 37.6 Å². The first-order chi connectivity index (χ1) is 12.8. The molecule has 0 aliphatic carbocycles. The molecule has 27 heavy (non-hydrogen) atoms. The molecule has 2 atom stereocenters. The molecule has 2 unspecified atom stereocenters. The molecule has 0 radical (unpaired) electrons. The van der Waals surface area contributed by atoms with Crippen molar-refractivity contribution in [1.82, 2.24) is 10.6 Å². The molecule has 2 heterocycles. The highest BCUT2D eigenvalue weighted by atomic mass is 127. The number of hydrogen-bond acceptors (Lipinski definition) is 3. The maximum absolute atomic E-state index is 4.79. The van der Waals surface area contributed by atoms with Crippen LogP contribution in [-0.2, 0) is 0 Å². The zero-order valence-corrected chi connectivity index (χ0v) is 19.4. The summed E-state index contributed by atoms with van der Waals surface area (Å²) in [6, 6.07) is 12.9. The van der Waals surface area contributed by atoms with Crippen LogP contribution in [0, 0.1) is 5.92 Å². The molecule has 0 saturated carbocycles. The average molecular weight is 498 g/mol. The number of hydrogen-bond donors (Lipinski definition) is 2. The van der Waals surface area contributed by atoms with E-state index in [0.29, 0.717) is 11.8 Å². The molecule has 148 valence electrons. The van der Waals surface area contributed by atoms with E-state index in [1.165, 1.54) is 17.7 Å². The third-order valence-corrected chi connectivity index (χ3v) is 5.65. The van der Waals surface area contributed by atoms with Crippen LogP contribution in [0.15, 0.2) is 52.2 Å². The summed E-state index contributed by atoms with van der Waals surface area (Å²) in [5.74, 6) is 2.05. The fourth-order valence-electron chi connectivity index (χ4n) is 3.34. The molecule has 0 spiro atoms. The lowest BCUT2D eigenvalue weighted by Crippen LogP contribution is -2.40. The number of halogens is 1. The van der Waals surface area contributed by atoms with Gasteiger partial charge in [0.05, 0.1) is 0 Å². The maximum Gasteiger partial charge on any atom is 0.191 e. The topological polar surface area (TPSA) is 39.7 Å². The second-order valence-corrected chi connectivity index (χ2v) is 7.77. The van der Waals surface area contributed by atoms with Crippen molar-refractivity contribution in [1.29, 1.82) is 0 Å². The third kappa shape index (κ3) is 6.68. The summed E-state index contributed by atoms with van der Waals surface area (Å²) in [5, 5.41) is 11.3. The van der Waals surface area contributed by atoms with E-state index < -0.39 is 0 Å². The van der Waals surface area contributed by atoms with Crippen molar-refractivity contribution in [2.24, 2.45) is 10.9 Å². The zero-order chi connectivity index (χ0) is 18.2. The first-order valence-corrected chi connectivity index (χ1v) is 10.5. The normalized spacial score (nSPS) is 18.1. The second kappa shape index (κ2) is 11.5. The highest BCUT2D eigenvalue weighted by molar-refractivity contribution is 14.0. The quantitative estimate of drug-likeness (QED) is 0.334. The number of rotatable bonds is 7. The number of para-hydroxylation sites is 1. The van der Waals surface area contributed by atoms with Crippen LogP contribution in [0.5, 0.6) is 0 Å². The van der Waals surface area contributed by atoms with Gasteiger partial charge < -0.3 is 15.5 Å². The van der Waals surface area contributed by atoms with Crippen molar-refractivity contribution in [3.63, 3.8) is 0 Å². The van der Waals surface area contributed by atoms with Gasteiger partial charge in [-0.15, -0.1) is 24.0 Å². The third-order valence-electron chi connectivity index (χ3n) is 4.95. The highest BCUT2D eigenvalue weighted by Crippen LogP contribution is 2.23.